The number of hydrogen-bond acceptors (Lipinski definition) is 3. The first-order chi connectivity index (χ1) is 11.4. The molecule has 1 aliphatic heterocycles. The first kappa shape index (κ1) is 16.7. The van der Waals surface area contributed by atoms with E-state index >= 15 is 0 Å². The van der Waals surface area contributed by atoms with Gasteiger partial charge in [0, 0.05) is 18.5 Å². The molecule has 1 atom stereocenters. The van der Waals surface area contributed by atoms with Gasteiger partial charge in [-0.25, -0.2) is 4.98 Å². The number of aliphatic hydroxyl groups is 1. The van der Waals surface area contributed by atoms with Gasteiger partial charge in [0.05, 0.1) is 5.52 Å². The molecule has 1 fully saturated rings. The maximum Gasteiger partial charge on any atom is 0.414 e. The zero-order valence-corrected chi connectivity index (χ0v) is 12.8. The van der Waals surface area contributed by atoms with Crippen LogP contribution in [0.1, 0.15) is 23.3 Å². The molecule has 1 N–H and O–H groups in total. The van der Waals surface area contributed by atoms with Crippen molar-refractivity contribution in [2.45, 2.75) is 25.1 Å². The van der Waals surface area contributed by atoms with E-state index in [-0.39, 0.29) is 37.5 Å². The summed E-state index contributed by atoms with van der Waals surface area (Å²) in [4.78, 5) is 18.3. The molecule has 2 aromatic rings. The number of aromatic nitrogens is 1. The molecule has 7 heteroatoms. The van der Waals surface area contributed by atoms with Crippen LogP contribution in [-0.2, 0) is 0 Å². The molecule has 24 heavy (non-hydrogen) atoms. The van der Waals surface area contributed by atoms with Crippen molar-refractivity contribution in [3.8, 4) is 0 Å². The summed E-state index contributed by atoms with van der Waals surface area (Å²) in [5.41, 5.74) is 0.981. The molecule has 1 aliphatic rings. The first-order valence-corrected chi connectivity index (χ1v) is 7.76. The Balaban J connectivity index is 1.68. The van der Waals surface area contributed by atoms with E-state index in [1.54, 1.807) is 18.2 Å². The summed E-state index contributed by atoms with van der Waals surface area (Å²) in [5.74, 6) is -1.15. The van der Waals surface area contributed by atoms with Crippen molar-refractivity contribution in [3.63, 3.8) is 0 Å². The van der Waals surface area contributed by atoms with Crippen molar-refractivity contribution in [1.29, 1.82) is 0 Å². The SMILES string of the molecule is O=C(c1ccc2ccccc2n1)N1CCC(C(O)C(F)(F)F)CC1. The van der Waals surface area contributed by atoms with Crippen LogP contribution in [0, 0.1) is 5.92 Å². The lowest BCUT2D eigenvalue weighted by molar-refractivity contribution is -0.222. The summed E-state index contributed by atoms with van der Waals surface area (Å²) < 4.78 is 37.7. The van der Waals surface area contributed by atoms with Crippen molar-refractivity contribution in [1.82, 2.24) is 9.88 Å². The molecule has 4 nitrogen and oxygen atoms in total. The zero-order valence-electron chi connectivity index (χ0n) is 12.8. The molecule has 2 heterocycles. The second-order valence-corrected chi connectivity index (χ2v) is 6.01. The van der Waals surface area contributed by atoms with Crippen molar-refractivity contribution < 1.29 is 23.1 Å². The van der Waals surface area contributed by atoms with E-state index in [0.29, 0.717) is 5.52 Å². The number of nitrogens with zero attached hydrogens (tertiary/aromatic N) is 2. The predicted molar refractivity (Wildman–Crippen MR) is 82.4 cm³/mol. The fourth-order valence-electron chi connectivity index (χ4n) is 3.03. The highest BCUT2D eigenvalue weighted by Gasteiger charge is 2.44. The number of likely N-dealkylation sites (tertiary alicyclic amines) is 1. The second-order valence-electron chi connectivity index (χ2n) is 6.01. The van der Waals surface area contributed by atoms with E-state index in [2.05, 4.69) is 4.98 Å². The Morgan fingerprint density at radius 1 is 1.17 bits per heavy atom. The molecule has 3 rings (SSSR count). The van der Waals surface area contributed by atoms with E-state index < -0.39 is 18.2 Å². The largest absolute Gasteiger partial charge is 0.414 e. The molecule has 1 saturated heterocycles. The topological polar surface area (TPSA) is 53.4 Å². The summed E-state index contributed by atoms with van der Waals surface area (Å²) in [6, 6.07) is 10.8. The number of benzene rings is 1. The zero-order chi connectivity index (χ0) is 17.3. The van der Waals surface area contributed by atoms with Gasteiger partial charge in [-0.3, -0.25) is 4.79 Å². The third-order valence-corrected chi connectivity index (χ3v) is 4.43. The van der Waals surface area contributed by atoms with Gasteiger partial charge in [0.1, 0.15) is 5.69 Å². The van der Waals surface area contributed by atoms with E-state index in [1.165, 1.54) is 4.90 Å². The van der Waals surface area contributed by atoms with Gasteiger partial charge < -0.3 is 10.0 Å². The van der Waals surface area contributed by atoms with Crippen LogP contribution in [0.3, 0.4) is 0 Å². The van der Waals surface area contributed by atoms with E-state index in [0.717, 1.165) is 5.39 Å². The minimum absolute atomic E-state index is 0.125. The average Bonchev–Trinajstić information content (AvgIpc) is 2.59. The molecule has 128 valence electrons. The molecular formula is C17H17F3N2O2. The number of alkyl halides is 3. The van der Waals surface area contributed by atoms with Crippen molar-refractivity contribution in [3.05, 3.63) is 42.1 Å². The van der Waals surface area contributed by atoms with Crippen molar-refractivity contribution in [2.24, 2.45) is 5.92 Å². The smallest absolute Gasteiger partial charge is 0.383 e. The maximum atomic E-state index is 12.6. The summed E-state index contributed by atoms with van der Waals surface area (Å²) in [6.45, 7) is 0.371. The number of pyridine rings is 1. The number of piperidine rings is 1. The van der Waals surface area contributed by atoms with Gasteiger partial charge in [-0.05, 0) is 30.9 Å². The normalized spacial score (nSPS) is 17.9. The number of carbonyl (C=O) groups excluding carboxylic acids is 1. The Labute approximate surface area is 136 Å². The highest BCUT2D eigenvalue weighted by molar-refractivity contribution is 5.94. The molecule has 0 aliphatic carbocycles. The number of aliphatic hydroxyl groups excluding tert-OH is 1. The molecule has 1 aromatic carbocycles. The van der Waals surface area contributed by atoms with Crippen LogP contribution >= 0.6 is 0 Å². The second kappa shape index (κ2) is 6.39. The van der Waals surface area contributed by atoms with Gasteiger partial charge in [-0.15, -0.1) is 0 Å². The number of halogens is 3. The van der Waals surface area contributed by atoms with Crippen LogP contribution in [0.25, 0.3) is 10.9 Å². The third kappa shape index (κ3) is 3.36. The number of rotatable bonds is 2. The van der Waals surface area contributed by atoms with Gasteiger partial charge in [-0.2, -0.15) is 13.2 Å². The number of fused-ring (bicyclic) bond motifs is 1. The minimum Gasteiger partial charge on any atom is -0.383 e. The van der Waals surface area contributed by atoms with Crippen LogP contribution in [0.15, 0.2) is 36.4 Å². The maximum absolute atomic E-state index is 12.6. The van der Waals surface area contributed by atoms with Gasteiger partial charge in [0.15, 0.2) is 6.10 Å². The van der Waals surface area contributed by atoms with Crippen LogP contribution in [0.5, 0.6) is 0 Å². The standard InChI is InChI=1S/C17H17F3N2O2/c18-17(19,20)15(23)12-7-9-22(10-8-12)16(24)14-6-5-11-3-1-2-4-13(11)21-14/h1-6,12,15,23H,7-10H2. The van der Waals surface area contributed by atoms with Crippen molar-refractivity contribution >= 4 is 16.8 Å². The minimum atomic E-state index is -4.61. The van der Waals surface area contributed by atoms with Crippen LogP contribution < -0.4 is 0 Å². The lowest BCUT2D eigenvalue weighted by Gasteiger charge is -2.34. The number of carbonyl (C=O) groups is 1. The molecule has 0 saturated carbocycles. The molecular weight excluding hydrogens is 321 g/mol. The Bertz CT molecular complexity index is 740. The van der Waals surface area contributed by atoms with Gasteiger partial charge in [-0.1, -0.05) is 24.3 Å². The Morgan fingerprint density at radius 2 is 1.83 bits per heavy atom. The van der Waals surface area contributed by atoms with Crippen molar-refractivity contribution in [2.75, 3.05) is 13.1 Å². The number of para-hydroxylation sites is 1. The monoisotopic (exact) mass is 338 g/mol. The predicted octanol–water partition coefficient (Wildman–Crippen LogP) is 3.01. The van der Waals surface area contributed by atoms with Crippen LogP contribution in [0.4, 0.5) is 13.2 Å². The molecule has 0 spiro atoms. The fourth-order valence-corrected chi connectivity index (χ4v) is 3.03. The van der Waals surface area contributed by atoms with E-state index in [9.17, 15) is 23.1 Å². The summed E-state index contributed by atoms with van der Waals surface area (Å²) >= 11 is 0. The molecule has 1 aromatic heterocycles. The summed E-state index contributed by atoms with van der Waals surface area (Å²) in [7, 11) is 0. The van der Waals surface area contributed by atoms with Gasteiger partial charge >= 0.3 is 6.18 Å². The lowest BCUT2D eigenvalue weighted by atomic mass is 9.90. The lowest BCUT2D eigenvalue weighted by Crippen LogP contribution is -2.45. The Morgan fingerprint density at radius 3 is 2.50 bits per heavy atom. The average molecular weight is 338 g/mol. The Kier molecular flexibility index (Phi) is 4.45. The highest BCUT2D eigenvalue weighted by Crippen LogP contribution is 2.31. The number of hydrogen-bond donors (Lipinski definition) is 1. The first-order valence-electron chi connectivity index (χ1n) is 7.76. The summed E-state index contributed by atoms with van der Waals surface area (Å²) in [5, 5.41) is 10.2. The summed E-state index contributed by atoms with van der Waals surface area (Å²) in [6.07, 6.45) is -6.69. The molecule has 1 unspecified atom stereocenters. The van der Waals surface area contributed by atoms with E-state index in [1.807, 2.05) is 18.2 Å². The molecule has 0 radical (unpaired) electrons. The van der Waals surface area contributed by atoms with E-state index in [4.69, 9.17) is 0 Å². The van der Waals surface area contributed by atoms with Gasteiger partial charge in [0.25, 0.3) is 5.91 Å². The van der Waals surface area contributed by atoms with Crippen LogP contribution in [0.2, 0.25) is 0 Å². The third-order valence-electron chi connectivity index (χ3n) is 4.43. The number of amides is 1. The van der Waals surface area contributed by atoms with Crippen LogP contribution in [-0.4, -0.2) is 46.3 Å². The molecule has 1 amide bonds. The molecule has 0 bridgehead atoms. The Hall–Kier alpha value is -2.15. The highest BCUT2D eigenvalue weighted by atomic mass is 19.4. The van der Waals surface area contributed by atoms with Gasteiger partial charge in [0.2, 0.25) is 0 Å². The quantitative estimate of drug-likeness (QED) is 0.916. The fraction of sp³-hybridized carbons (Fsp3) is 0.412.